The summed E-state index contributed by atoms with van der Waals surface area (Å²) >= 11 is 0. The lowest BCUT2D eigenvalue weighted by Gasteiger charge is -2.11. The van der Waals surface area contributed by atoms with E-state index in [9.17, 15) is 13.2 Å². The highest BCUT2D eigenvalue weighted by molar-refractivity contribution is 7.89. The fourth-order valence-corrected chi connectivity index (χ4v) is 4.52. The number of sulfonamides is 1. The Hall–Kier alpha value is -2.82. The van der Waals surface area contributed by atoms with Gasteiger partial charge in [-0.05, 0) is 80.8 Å². The normalized spacial score (nSPS) is 11.6. The van der Waals surface area contributed by atoms with Crippen molar-refractivity contribution in [3.8, 4) is 0 Å². The van der Waals surface area contributed by atoms with Gasteiger partial charge in [0.2, 0.25) is 15.9 Å². The van der Waals surface area contributed by atoms with E-state index in [2.05, 4.69) is 20.3 Å². The molecule has 0 aromatic heterocycles. The summed E-state index contributed by atoms with van der Waals surface area (Å²) in [4.78, 5) is 14.0. The van der Waals surface area contributed by atoms with Crippen LogP contribution in [0.1, 0.15) is 51.4 Å². The van der Waals surface area contributed by atoms with E-state index < -0.39 is 10.0 Å². The topological polar surface area (TPSA) is 129 Å². The van der Waals surface area contributed by atoms with Gasteiger partial charge < -0.3 is 16.0 Å². The van der Waals surface area contributed by atoms with Crippen LogP contribution in [-0.4, -0.2) is 48.1 Å². The molecular weight excluding hydrogens is 476 g/mol. The van der Waals surface area contributed by atoms with Crippen molar-refractivity contribution in [1.29, 1.82) is 0 Å². The molecule has 0 saturated carbocycles. The summed E-state index contributed by atoms with van der Waals surface area (Å²) in [6.07, 6.45) is 6.83. The average molecular weight is 517 g/mol. The highest BCUT2D eigenvalue weighted by Gasteiger charge is 2.13. The van der Waals surface area contributed by atoms with E-state index in [0.29, 0.717) is 31.6 Å². The monoisotopic (exact) mass is 516 g/mol. The van der Waals surface area contributed by atoms with Crippen LogP contribution < -0.4 is 20.7 Å². The molecule has 198 valence electrons. The fourth-order valence-electron chi connectivity index (χ4n) is 3.44. The third kappa shape index (κ3) is 11.3. The predicted molar refractivity (Wildman–Crippen MR) is 146 cm³/mol. The van der Waals surface area contributed by atoms with Gasteiger partial charge in [0.05, 0.1) is 16.3 Å². The molecule has 0 radical (unpaired) electrons. The zero-order chi connectivity index (χ0) is 26.2. The number of carbonyl (C=O) groups is 1. The maximum Gasteiger partial charge on any atom is 0.240 e. The molecule has 0 aliphatic carbocycles. The summed E-state index contributed by atoms with van der Waals surface area (Å²) < 4.78 is 27.7. The van der Waals surface area contributed by atoms with Crippen molar-refractivity contribution in [2.75, 3.05) is 38.6 Å². The van der Waals surface area contributed by atoms with Gasteiger partial charge in [-0.3, -0.25) is 4.79 Å². The van der Waals surface area contributed by atoms with Crippen molar-refractivity contribution in [3.05, 3.63) is 48.5 Å². The lowest BCUT2D eigenvalue weighted by atomic mass is 10.1. The number of nitrogens with one attached hydrogen (secondary N) is 2. The Labute approximate surface area is 215 Å². The molecule has 0 fully saturated rings. The van der Waals surface area contributed by atoms with Gasteiger partial charge in [-0.1, -0.05) is 19.3 Å². The molecule has 2 rings (SSSR count). The van der Waals surface area contributed by atoms with E-state index in [1.807, 2.05) is 43.3 Å². The second-order valence-corrected chi connectivity index (χ2v) is 10.6. The number of hydrogen-bond donors (Lipinski definition) is 3. The fraction of sp³-hybridized carbons (Fsp3) is 0.500. The van der Waals surface area contributed by atoms with Crippen molar-refractivity contribution in [2.24, 2.45) is 16.0 Å². The van der Waals surface area contributed by atoms with E-state index in [1.54, 1.807) is 12.1 Å². The quantitative estimate of drug-likeness (QED) is 0.208. The van der Waals surface area contributed by atoms with Crippen molar-refractivity contribution in [1.82, 2.24) is 10.0 Å². The smallest absolute Gasteiger partial charge is 0.240 e. The molecule has 2 aromatic rings. The molecule has 0 aliphatic heterocycles. The largest absolute Gasteiger partial charge is 0.378 e. The Morgan fingerprint density at radius 3 is 1.97 bits per heavy atom. The highest BCUT2D eigenvalue weighted by atomic mass is 32.2. The minimum absolute atomic E-state index is 0.0530. The predicted octanol–water partition coefficient (Wildman–Crippen LogP) is 4.64. The standard InChI is InChI=1S/C26H40N6O3S/c1-32(2)24-15-11-22(12-16-24)30-31-23-13-17-25(18-14-23)36(34,35)29-21-9-5-6-10-26(33)28-20-8-4-3-7-19-27/h11-18,29H,3-10,19-21,27H2,1-2H3,(H,28,33). The van der Waals surface area contributed by atoms with Gasteiger partial charge in [-0.15, -0.1) is 0 Å². The number of amides is 1. The van der Waals surface area contributed by atoms with Gasteiger partial charge >= 0.3 is 0 Å². The van der Waals surface area contributed by atoms with Crippen LogP contribution in [0.4, 0.5) is 17.1 Å². The van der Waals surface area contributed by atoms with Crippen LogP contribution >= 0.6 is 0 Å². The zero-order valence-corrected chi connectivity index (χ0v) is 22.3. The van der Waals surface area contributed by atoms with Gasteiger partial charge in [0.25, 0.3) is 0 Å². The molecule has 2 aromatic carbocycles. The molecule has 0 atom stereocenters. The Bertz CT molecular complexity index is 1040. The van der Waals surface area contributed by atoms with Gasteiger partial charge in [0.15, 0.2) is 0 Å². The first-order chi connectivity index (χ1) is 17.3. The lowest BCUT2D eigenvalue weighted by Crippen LogP contribution is -2.25. The number of unbranched alkanes of at least 4 members (excludes halogenated alkanes) is 5. The molecule has 0 heterocycles. The molecule has 0 bridgehead atoms. The van der Waals surface area contributed by atoms with E-state index in [4.69, 9.17) is 5.73 Å². The van der Waals surface area contributed by atoms with E-state index in [0.717, 1.165) is 56.4 Å². The van der Waals surface area contributed by atoms with Crippen LogP contribution in [0.5, 0.6) is 0 Å². The van der Waals surface area contributed by atoms with Crippen molar-refractivity contribution < 1.29 is 13.2 Å². The SMILES string of the molecule is CN(C)c1ccc(N=Nc2ccc(S(=O)(=O)NCCCCCC(=O)NCCCCCCN)cc2)cc1. The highest BCUT2D eigenvalue weighted by Crippen LogP contribution is 2.22. The van der Waals surface area contributed by atoms with Gasteiger partial charge in [-0.25, -0.2) is 13.1 Å². The van der Waals surface area contributed by atoms with Crippen LogP contribution in [0.25, 0.3) is 0 Å². The Kier molecular flexibility index (Phi) is 13.1. The number of nitrogens with two attached hydrogens (primary N) is 1. The number of azo groups is 1. The summed E-state index contributed by atoms with van der Waals surface area (Å²) in [6, 6.07) is 14.0. The Morgan fingerprint density at radius 2 is 1.36 bits per heavy atom. The maximum atomic E-state index is 12.5. The van der Waals surface area contributed by atoms with Crippen LogP contribution in [0.2, 0.25) is 0 Å². The van der Waals surface area contributed by atoms with E-state index >= 15 is 0 Å². The molecule has 0 saturated heterocycles. The minimum Gasteiger partial charge on any atom is -0.378 e. The van der Waals surface area contributed by atoms with Crippen LogP contribution in [0, 0.1) is 0 Å². The third-order valence-corrected chi connectivity index (χ3v) is 7.10. The molecule has 0 spiro atoms. The molecule has 10 heteroatoms. The van der Waals surface area contributed by atoms with Crippen LogP contribution in [-0.2, 0) is 14.8 Å². The Balaban J connectivity index is 1.66. The molecule has 1 amide bonds. The van der Waals surface area contributed by atoms with Gasteiger partial charge in [0.1, 0.15) is 0 Å². The summed E-state index contributed by atoms with van der Waals surface area (Å²) in [6.45, 7) is 1.75. The van der Waals surface area contributed by atoms with E-state index in [-0.39, 0.29) is 10.8 Å². The summed E-state index contributed by atoms with van der Waals surface area (Å²) in [5.41, 5.74) is 7.82. The minimum atomic E-state index is -3.60. The van der Waals surface area contributed by atoms with Crippen LogP contribution in [0.3, 0.4) is 0 Å². The Morgan fingerprint density at radius 1 is 0.806 bits per heavy atom. The first-order valence-corrected chi connectivity index (χ1v) is 14.1. The molecule has 36 heavy (non-hydrogen) atoms. The summed E-state index contributed by atoms with van der Waals surface area (Å²) in [5.74, 6) is 0.0530. The molecule has 4 N–H and O–H groups in total. The van der Waals surface area contributed by atoms with Gasteiger partial charge in [0, 0.05) is 39.3 Å². The van der Waals surface area contributed by atoms with Crippen molar-refractivity contribution in [2.45, 2.75) is 56.3 Å². The number of benzene rings is 2. The third-order valence-electron chi connectivity index (χ3n) is 5.62. The van der Waals surface area contributed by atoms with Crippen LogP contribution in [0.15, 0.2) is 63.7 Å². The molecule has 0 aliphatic rings. The number of carbonyl (C=O) groups excluding carboxylic acids is 1. The molecule has 0 unspecified atom stereocenters. The average Bonchev–Trinajstić information content (AvgIpc) is 2.87. The van der Waals surface area contributed by atoms with Crippen molar-refractivity contribution >= 4 is 33.0 Å². The molecule has 9 nitrogen and oxygen atoms in total. The number of hydrogen-bond acceptors (Lipinski definition) is 7. The summed E-state index contributed by atoms with van der Waals surface area (Å²) in [7, 11) is 0.342. The molecular formula is C26H40N6O3S. The zero-order valence-electron chi connectivity index (χ0n) is 21.4. The van der Waals surface area contributed by atoms with Crippen molar-refractivity contribution in [3.63, 3.8) is 0 Å². The van der Waals surface area contributed by atoms with E-state index in [1.165, 1.54) is 12.1 Å². The lowest BCUT2D eigenvalue weighted by molar-refractivity contribution is -0.121. The number of rotatable bonds is 17. The maximum absolute atomic E-state index is 12.5. The number of anilines is 1. The first-order valence-electron chi connectivity index (χ1n) is 12.6. The second-order valence-electron chi connectivity index (χ2n) is 8.87. The van der Waals surface area contributed by atoms with Gasteiger partial charge in [-0.2, -0.15) is 10.2 Å². The first kappa shape index (κ1) is 29.4. The second kappa shape index (κ2) is 16.0. The number of nitrogens with zero attached hydrogens (tertiary/aromatic N) is 3. The summed E-state index contributed by atoms with van der Waals surface area (Å²) in [5, 5.41) is 11.3.